The molecule has 0 aliphatic carbocycles. The van der Waals surface area contributed by atoms with Crippen molar-refractivity contribution in [1.29, 1.82) is 0 Å². The average molecular weight is 367 g/mol. The number of carbonyl (C=O) groups excluding carboxylic acids is 1. The second-order valence-corrected chi connectivity index (χ2v) is 6.75. The third-order valence-corrected chi connectivity index (χ3v) is 4.57. The van der Waals surface area contributed by atoms with Crippen molar-refractivity contribution >= 4 is 28.1 Å². The van der Waals surface area contributed by atoms with Crippen molar-refractivity contribution < 1.29 is 9.53 Å². The molecule has 0 saturated heterocycles. The standard InChI is InChI=1S/C20H21N3O2S/c1-4-25-17-10-8-14(9-11-17)18-13-26-20(21-18)22-19(24)15-6-5-7-16(12-15)23(2)3/h5-13H,4H2,1-3H3,(H,21,22,24). The molecule has 0 atom stereocenters. The quantitative estimate of drug-likeness (QED) is 0.696. The van der Waals surface area contributed by atoms with Crippen LogP contribution in [0.25, 0.3) is 11.3 Å². The highest BCUT2D eigenvalue weighted by atomic mass is 32.1. The van der Waals surface area contributed by atoms with E-state index in [4.69, 9.17) is 4.74 Å². The first kappa shape index (κ1) is 17.9. The van der Waals surface area contributed by atoms with Crippen LogP contribution in [0, 0.1) is 0 Å². The van der Waals surface area contributed by atoms with Gasteiger partial charge >= 0.3 is 0 Å². The third kappa shape index (κ3) is 4.21. The van der Waals surface area contributed by atoms with Gasteiger partial charge < -0.3 is 9.64 Å². The van der Waals surface area contributed by atoms with Crippen LogP contribution in [-0.4, -0.2) is 31.6 Å². The Labute approximate surface area is 157 Å². The molecule has 0 aliphatic rings. The molecular formula is C20H21N3O2S. The number of nitrogens with zero attached hydrogens (tertiary/aromatic N) is 2. The van der Waals surface area contributed by atoms with Gasteiger partial charge in [0.1, 0.15) is 5.75 Å². The molecule has 134 valence electrons. The fourth-order valence-electron chi connectivity index (χ4n) is 2.45. The van der Waals surface area contributed by atoms with Gasteiger partial charge in [0, 0.05) is 36.3 Å². The van der Waals surface area contributed by atoms with E-state index in [2.05, 4.69) is 10.3 Å². The Morgan fingerprint density at radius 2 is 1.96 bits per heavy atom. The van der Waals surface area contributed by atoms with E-state index in [1.807, 2.05) is 73.8 Å². The molecule has 2 aromatic carbocycles. The van der Waals surface area contributed by atoms with Gasteiger partial charge in [-0.05, 0) is 49.4 Å². The van der Waals surface area contributed by atoms with Crippen molar-refractivity contribution in [3.8, 4) is 17.0 Å². The molecule has 0 saturated carbocycles. The molecule has 0 aliphatic heterocycles. The molecule has 6 heteroatoms. The van der Waals surface area contributed by atoms with Crippen LogP contribution in [0.15, 0.2) is 53.9 Å². The number of benzene rings is 2. The number of anilines is 2. The Morgan fingerprint density at radius 1 is 1.19 bits per heavy atom. The van der Waals surface area contributed by atoms with Crippen LogP contribution in [0.5, 0.6) is 5.75 Å². The Balaban J connectivity index is 1.72. The molecule has 3 aromatic rings. The highest BCUT2D eigenvalue weighted by Crippen LogP contribution is 2.27. The monoisotopic (exact) mass is 367 g/mol. The number of thiazole rings is 1. The van der Waals surface area contributed by atoms with Gasteiger partial charge in [-0.25, -0.2) is 4.98 Å². The van der Waals surface area contributed by atoms with E-state index in [9.17, 15) is 4.79 Å². The van der Waals surface area contributed by atoms with Crippen molar-refractivity contribution in [2.24, 2.45) is 0 Å². The van der Waals surface area contributed by atoms with Crippen LogP contribution >= 0.6 is 11.3 Å². The Kier molecular flexibility index (Phi) is 5.53. The van der Waals surface area contributed by atoms with Crippen LogP contribution in [-0.2, 0) is 0 Å². The van der Waals surface area contributed by atoms with E-state index in [1.165, 1.54) is 11.3 Å². The predicted molar refractivity (Wildman–Crippen MR) is 107 cm³/mol. The van der Waals surface area contributed by atoms with Gasteiger partial charge in [0.2, 0.25) is 0 Å². The summed E-state index contributed by atoms with van der Waals surface area (Å²) in [5.41, 5.74) is 3.40. The van der Waals surface area contributed by atoms with Crippen LogP contribution < -0.4 is 15.0 Å². The zero-order valence-corrected chi connectivity index (χ0v) is 15.8. The largest absolute Gasteiger partial charge is 0.494 e. The van der Waals surface area contributed by atoms with Crippen LogP contribution in [0.4, 0.5) is 10.8 Å². The average Bonchev–Trinajstić information content (AvgIpc) is 3.11. The van der Waals surface area contributed by atoms with Gasteiger partial charge in [0.15, 0.2) is 5.13 Å². The van der Waals surface area contributed by atoms with Crippen LogP contribution in [0.1, 0.15) is 17.3 Å². The summed E-state index contributed by atoms with van der Waals surface area (Å²) >= 11 is 1.41. The molecule has 3 rings (SSSR count). The van der Waals surface area contributed by atoms with E-state index in [1.54, 1.807) is 6.07 Å². The van der Waals surface area contributed by atoms with Crippen molar-refractivity contribution in [3.63, 3.8) is 0 Å². The lowest BCUT2D eigenvalue weighted by molar-refractivity contribution is 0.102. The molecule has 1 N–H and O–H groups in total. The van der Waals surface area contributed by atoms with E-state index >= 15 is 0 Å². The van der Waals surface area contributed by atoms with Crippen molar-refractivity contribution in [2.45, 2.75) is 6.92 Å². The zero-order valence-electron chi connectivity index (χ0n) is 15.0. The molecular weight excluding hydrogens is 346 g/mol. The van der Waals surface area contributed by atoms with E-state index in [-0.39, 0.29) is 5.91 Å². The Morgan fingerprint density at radius 3 is 2.65 bits per heavy atom. The molecule has 26 heavy (non-hydrogen) atoms. The molecule has 0 spiro atoms. The zero-order chi connectivity index (χ0) is 18.5. The summed E-state index contributed by atoms with van der Waals surface area (Å²) in [7, 11) is 3.89. The lowest BCUT2D eigenvalue weighted by atomic mass is 10.2. The summed E-state index contributed by atoms with van der Waals surface area (Å²) in [5.74, 6) is 0.669. The summed E-state index contributed by atoms with van der Waals surface area (Å²) in [5, 5.41) is 5.38. The number of hydrogen-bond donors (Lipinski definition) is 1. The number of carbonyl (C=O) groups is 1. The summed E-state index contributed by atoms with van der Waals surface area (Å²) < 4.78 is 5.45. The molecule has 0 bridgehead atoms. The summed E-state index contributed by atoms with van der Waals surface area (Å²) in [4.78, 5) is 18.9. The minimum Gasteiger partial charge on any atom is -0.494 e. The minimum absolute atomic E-state index is 0.165. The Hall–Kier alpha value is -2.86. The topological polar surface area (TPSA) is 54.5 Å². The third-order valence-electron chi connectivity index (χ3n) is 3.81. The van der Waals surface area contributed by atoms with Crippen LogP contribution in [0.2, 0.25) is 0 Å². The van der Waals surface area contributed by atoms with Crippen molar-refractivity contribution in [2.75, 3.05) is 30.9 Å². The Bertz CT molecular complexity index is 888. The van der Waals surface area contributed by atoms with Crippen LogP contribution in [0.3, 0.4) is 0 Å². The second kappa shape index (κ2) is 8.01. The minimum atomic E-state index is -0.165. The smallest absolute Gasteiger partial charge is 0.257 e. The van der Waals surface area contributed by atoms with E-state index in [0.717, 1.165) is 22.7 Å². The van der Waals surface area contributed by atoms with E-state index < -0.39 is 0 Å². The fourth-order valence-corrected chi connectivity index (χ4v) is 3.16. The van der Waals surface area contributed by atoms with Crippen molar-refractivity contribution in [1.82, 2.24) is 4.98 Å². The molecule has 1 heterocycles. The second-order valence-electron chi connectivity index (χ2n) is 5.89. The summed E-state index contributed by atoms with van der Waals surface area (Å²) in [6.45, 7) is 2.60. The SMILES string of the molecule is CCOc1ccc(-c2csc(NC(=O)c3cccc(N(C)C)c3)n2)cc1. The van der Waals surface area contributed by atoms with Gasteiger partial charge in [-0.3, -0.25) is 10.1 Å². The maximum Gasteiger partial charge on any atom is 0.257 e. The first-order valence-electron chi connectivity index (χ1n) is 8.34. The maximum absolute atomic E-state index is 12.5. The number of rotatable bonds is 6. The molecule has 5 nitrogen and oxygen atoms in total. The van der Waals surface area contributed by atoms with Gasteiger partial charge in [-0.1, -0.05) is 6.07 Å². The normalized spacial score (nSPS) is 10.4. The highest BCUT2D eigenvalue weighted by molar-refractivity contribution is 7.14. The summed E-state index contributed by atoms with van der Waals surface area (Å²) in [6, 6.07) is 15.3. The highest BCUT2D eigenvalue weighted by Gasteiger charge is 2.11. The van der Waals surface area contributed by atoms with E-state index in [0.29, 0.717) is 17.3 Å². The molecule has 0 fully saturated rings. The van der Waals surface area contributed by atoms with Crippen molar-refractivity contribution in [3.05, 3.63) is 59.5 Å². The number of nitrogens with one attached hydrogen (secondary N) is 1. The number of aromatic nitrogens is 1. The first-order chi connectivity index (χ1) is 12.6. The fraction of sp³-hybridized carbons (Fsp3) is 0.200. The number of ether oxygens (including phenoxy) is 1. The van der Waals surface area contributed by atoms with Gasteiger partial charge in [0.25, 0.3) is 5.91 Å². The maximum atomic E-state index is 12.5. The predicted octanol–water partition coefficient (Wildman–Crippen LogP) is 4.53. The molecule has 0 radical (unpaired) electrons. The lowest BCUT2D eigenvalue weighted by Gasteiger charge is -2.13. The number of amides is 1. The van der Waals surface area contributed by atoms with Gasteiger partial charge in [-0.15, -0.1) is 11.3 Å². The molecule has 1 amide bonds. The summed E-state index contributed by atoms with van der Waals surface area (Å²) in [6.07, 6.45) is 0. The van der Waals surface area contributed by atoms with Gasteiger partial charge in [-0.2, -0.15) is 0 Å². The molecule has 0 unspecified atom stereocenters. The van der Waals surface area contributed by atoms with Gasteiger partial charge in [0.05, 0.1) is 12.3 Å². The molecule has 1 aromatic heterocycles. The number of hydrogen-bond acceptors (Lipinski definition) is 5. The first-order valence-corrected chi connectivity index (χ1v) is 9.22. The lowest BCUT2D eigenvalue weighted by Crippen LogP contribution is -2.14.